The monoisotopic (exact) mass is 261 g/mol. The van der Waals surface area contributed by atoms with Crippen LogP contribution >= 0.6 is 0 Å². The van der Waals surface area contributed by atoms with Crippen LogP contribution in [0.3, 0.4) is 0 Å². The van der Waals surface area contributed by atoms with Crippen LogP contribution in [0.1, 0.15) is 32.2 Å². The zero-order valence-corrected chi connectivity index (χ0v) is 11.5. The lowest BCUT2D eigenvalue weighted by Crippen LogP contribution is -2.19. The first-order valence-corrected chi connectivity index (χ1v) is 6.46. The molecule has 1 aromatic heterocycles. The molecule has 2 aromatic rings. The molecule has 0 aliphatic carbocycles. The van der Waals surface area contributed by atoms with Crippen LogP contribution in [0.4, 0.5) is 0 Å². The summed E-state index contributed by atoms with van der Waals surface area (Å²) in [7, 11) is 1.63. The molecule has 0 amide bonds. The summed E-state index contributed by atoms with van der Waals surface area (Å²) in [6, 6.07) is 7.65. The molecule has 0 saturated heterocycles. The summed E-state index contributed by atoms with van der Waals surface area (Å²) in [5.41, 5.74) is 0.812. The van der Waals surface area contributed by atoms with Crippen molar-refractivity contribution in [3.05, 3.63) is 30.2 Å². The highest BCUT2D eigenvalue weighted by Crippen LogP contribution is 2.29. The summed E-state index contributed by atoms with van der Waals surface area (Å²) in [4.78, 5) is 0. The molecule has 1 atom stereocenters. The molecular weight excluding hydrogens is 242 g/mol. The second kappa shape index (κ2) is 6.33. The van der Waals surface area contributed by atoms with E-state index in [1.807, 2.05) is 31.2 Å². The van der Waals surface area contributed by atoms with Crippen molar-refractivity contribution in [2.24, 2.45) is 0 Å². The van der Waals surface area contributed by atoms with Gasteiger partial charge in [0.05, 0.1) is 18.7 Å². The smallest absolute Gasteiger partial charge is 0.251 e. The minimum absolute atomic E-state index is 0.0518. The van der Waals surface area contributed by atoms with Gasteiger partial charge in [-0.05, 0) is 32.0 Å². The number of nitrogens with zero attached hydrogens (tertiary/aromatic N) is 2. The van der Waals surface area contributed by atoms with E-state index in [2.05, 4.69) is 22.4 Å². The van der Waals surface area contributed by atoms with Gasteiger partial charge in [0, 0.05) is 0 Å². The Morgan fingerprint density at radius 1 is 1.32 bits per heavy atom. The molecule has 1 N–H and O–H groups in total. The average Bonchev–Trinajstić information content (AvgIpc) is 2.94. The molecule has 0 aliphatic rings. The maximum absolute atomic E-state index is 5.71. The Bertz CT molecular complexity index is 525. The standard InChI is InChI=1S/C14H19N3O2/c1-4-9-15-10(2)13-16-17-14(19-13)11-7-5-6-8-12(11)18-3/h5-8,10,15H,4,9H2,1-3H3. The average molecular weight is 261 g/mol. The number of para-hydroxylation sites is 1. The first-order chi connectivity index (χ1) is 9.26. The van der Waals surface area contributed by atoms with E-state index in [9.17, 15) is 0 Å². The molecule has 0 aliphatic heterocycles. The zero-order valence-electron chi connectivity index (χ0n) is 11.5. The van der Waals surface area contributed by atoms with Crippen LogP contribution in [0.5, 0.6) is 5.75 Å². The van der Waals surface area contributed by atoms with Crippen molar-refractivity contribution >= 4 is 0 Å². The van der Waals surface area contributed by atoms with E-state index in [1.165, 1.54) is 0 Å². The van der Waals surface area contributed by atoms with Crippen LogP contribution in [0, 0.1) is 0 Å². The first kappa shape index (κ1) is 13.5. The summed E-state index contributed by atoms with van der Waals surface area (Å²) >= 11 is 0. The molecule has 1 heterocycles. The van der Waals surface area contributed by atoms with Gasteiger partial charge in [-0.1, -0.05) is 19.1 Å². The Kier molecular flexibility index (Phi) is 4.52. The molecular formula is C14H19N3O2. The van der Waals surface area contributed by atoms with Crippen molar-refractivity contribution in [2.75, 3.05) is 13.7 Å². The zero-order chi connectivity index (χ0) is 13.7. The van der Waals surface area contributed by atoms with Gasteiger partial charge < -0.3 is 14.5 Å². The number of hydrogen-bond acceptors (Lipinski definition) is 5. The molecule has 1 aromatic carbocycles. The summed E-state index contributed by atoms with van der Waals surface area (Å²) in [6.07, 6.45) is 1.07. The summed E-state index contributed by atoms with van der Waals surface area (Å²) in [5.74, 6) is 1.80. The Morgan fingerprint density at radius 2 is 2.11 bits per heavy atom. The molecule has 5 nitrogen and oxygen atoms in total. The highest BCUT2D eigenvalue weighted by molar-refractivity contribution is 5.62. The van der Waals surface area contributed by atoms with Crippen molar-refractivity contribution in [3.8, 4) is 17.2 Å². The minimum Gasteiger partial charge on any atom is -0.496 e. The molecule has 1 unspecified atom stereocenters. The van der Waals surface area contributed by atoms with Crippen molar-refractivity contribution < 1.29 is 9.15 Å². The fourth-order valence-corrected chi connectivity index (χ4v) is 1.79. The summed E-state index contributed by atoms with van der Waals surface area (Å²) < 4.78 is 11.0. The third-order valence-electron chi connectivity index (χ3n) is 2.85. The van der Waals surface area contributed by atoms with Gasteiger partial charge in [0.2, 0.25) is 5.89 Å². The van der Waals surface area contributed by atoms with E-state index in [0.29, 0.717) is 11.8 Å². The van der Waals surface area contributed by atoms with Crippen LogP contribution in [0.15, 0.2) is 28.7 Å². The Balaban J connectivity index is 2.20. The maximum Gasteiger partial charge on any atom is 0.251 e. The van der Waals surface area contributed by atoms with Crippen molar-refractivity contribution in [3.63, 3.8) is 0 Å². The molecule has 0 saturated carbocycles. The second-order valence-corrected chi connectivity index (χ2v) is 4.32. The highest BCUT2D eigenvalue weighted by Gasteiger charge is 2.16. The molecule has 0 radical (unpaired) electrons. The van der Waals surface area contributed by atoms with Gasteiger partial charge in [-0.2, -0.15) is 0 Å². The van der Waals surface area contributed by atoms with Crippen LogP contribution in [0.2, 0.25) is 0 Å². The molecule has 19 heavy (non-hydrogen) atoms. The normalized spacial score (nSPS) is 12.4. The fourth-order valence-electron chi connectivity index (χ4n) is 1.79. The number of rotatable bonds is 6. The molecule has 5 heteroatoms. The minimum atomic E-state index is 0.0518. The quantitative estimate of drug-likeness (QED) is 0.866. The van der Waals surface area contributed by atoms with Gasteiger partial charge in [0.1, 0.15) is 5.75 Å². The largest absolute Gasteiger partial charge is 0.496 e. The van der Waals surface area contributed by atoms with E-state index < -0.39 is 0 Å². The van der Waals surface area contributed by atoms with E-state index in [0.717, 1.165) is 24.3 Å². The van der Waals surface area contributed by atoms with E-state index in [-0.39, 0.29) is 6.04 Å². The maximum atomic E-state index is 5.71. The lowest BCUT2D eigenvalue weighted by molar-refractivity contribution is 0.407. The summed E-state index contributed by atoms with van der Waals surface area (Å²) in [5, 5.41) is 11.5. The number of ether oxygens (including phenoxy) is 1. The van der Waals surface area contributed by atoms with Crippen LogP contribution in [-0.2, 0) is 0 Å². The van der Waals surface area contributed by atoms with Gasteiger partial charge in [-0.3, -0.25) is 0 Å². The van der Waals surface area contributed by atoms with E-state index in [4.69, 9.17) is 9.15 Å². The van der Waals surface area contributed by atoms with Gasteiger partial charge >= 0.3 is 0 Å². The predicted octanol–water partition coefficient (Wildman–Crippen LogP) is 2.81. The third kappa shape index (κ3) is 3.12. The van der Waals surface area contributed by atoms with Gasteiger partial charge in [0.15, 0.2) is 0 Å². The summed E-state index contributed by atoms with van der Waals surface area (Å²) in [6.45, 7) is 5.05. The number of aromatic nitrogens is 2. The number of methoxy groups -OCH3 is 1. The molecule has 0 fully saturated rings. The lowest BCUT2D eigenvalue weighted by atomic mass is 10.2. The van der Waals surface area contributed by atoms with Crippen molar-refractivity contribution in [1.82, 2.24) is 15.5 Å². The van der Waals surface area contributed by atoms with Gasteiger partial charge in [-0.15, -0.1) is 10.2 Å². The number of nitrogens with one attached hydrogen (secondary N) is 1. The Morgan fingerprint density at radius 3 is 2.84 bits per heavy atom. The number of hydrogen-bond donors (Lipinski definition) is 1. The van der Waals surface area contributed by atoms with Crippen LogP contribution < -0.4 is 10.1 Å². The topological polar surface area (TPSA) is 60.2 Å². The Labute approximate surface area is 113 Å². The molecule has 0 bridgehead atoms. The molecule has 102 valence electrons. The van der Waals surface area contributed by atoms with Gasteiger partial charge in [-0.25, -0.2) is 0 Å². The van der Waals surface area contributed by atoms with E-state index >= 15 is 0 Å². The number of benzene rings is 1. The molecule has 0 spiro atoms. The first-order valence-electron chi connectivity index (χ1n) is 6.46. The Hall–Kier alpha value is -1.88. The lowest BCUT2D eigenvalue weighted by Gasteiger charge is -2.07. The fraction of sp³-hybridized carbons (Fsp3) is 0.429. The van der Waals surface area contributed by atoms with Crippen LogP contribution in [-0.4, -0.2) is 23.9 Å². The van der Waals surface area contributed by atoms with Crippen molar-refractivity contribution in [2.45, 2.75) is 26.3 Å². The van der Waals surface area contributed by atoms with Crippen LogP contribution in [0.25, 0.3) is 11.5 Å². The molecule has 2 rings (SSSR count). The van der Waals surface area contributed by atoms with E-state index in [1.54, 1.807) is 7.11 Å². The van der Waals surface area contributed by atoms with Gasteiger partial charge in [0.25, 0.3) is 5.89 Å². The predicted molar refractivity (Wildman–Crippen MR) is 73.0 cm³/mol. The SMILES string of the molecule is CCCNC(C)c1nnc(-c2ccccc2OC)o1. The highest BCUT2D eigenvalue weighted by atomic mass is 16.5. The van der Waals surface area contributed by atoms with Crippen molar-refractivity contribution in [1.29, 1.82) is 0 Å². The third-order valence-corrected chi connectivity index (χ3v) is 2.85. The second-order valence-electron chi connectivity index (χ2n) is 4.32.